The Labute approximate surface area is 125 Å². The molecular weight excluding hydrogens is 304 g/mol. The molecule has 19 heavy (non-hydrogen) atoms. The molecule has 1 unspecified atom stereocenters. The maximum Gasteiger partial charge on any atom is 0.0791 e. The van der Waals surface area contributed by atoms with Crippen LogP contribution in [0.15, 0.2) is 28.7 Å². The second kappa shape index (κ2) is 8.69. The number of likely N-dealkylation sites (N-methyl/N-ethyl adjacent to an activating group) is 1. The minimum Gasteiger partial charge on any atom is -0.390 e. The van der Waals surface area contributed by atoms with Crippen molar-refractivity contribution < 1.29 is 5.11 Å². The largest absolute Gasteiger partial charge is 0.390 e. The molecule has 108 valence electrons. The smallest absolute Gasteiger partial charge is 0.0791 e. The van der Waals surface area contributed by atoms with Crippen molar-refractivity contribution in [3.63, 3.8) is 0 Å². The molecule has 0 aliphatic carbocycles. The first kappa shape index (κ1) is 16.6. The summed E-state index contributed by atoms with van der Waals surface area (Å²) >= 11 is 3.56. The molecule has 4 heteroatoms. The van der Waals surface area contributed by atoms with E-state index in [1.807, 2.05) is 18.2 Å². The fraction of sp³-hybridized carbons (Fsp3) is 0.600. The van der Waals surface area contributed by atoms with Crippen LogP contribution in [0.4, 0.5) is 0 Å². The van der Waals surface area contributed by atoms with Crippen LogP contribution in [0.5, 0.6) is 0 Å². The summed E-state index contributed by atoms with van der Waals surface area (Å²) < 4.78 is 1.10. The number of rotatable bonds is 8. The van der Waals surface area contributed by atoms with Crippen LogP contribution in [-0.4, -0.2) is 42.3 Å². The molecule has 0 spiro atoms. The van der Waals surface area contributed by atoms with E-state index in [1.165, 1.54) is 5.56 Å². The highest BCUT2D eigenvalue weighted by Gasteiger charge is 2.12. The van der Waals surface area contributed by atoms with Gasteiger partial charge in [0, 0.05) is 23.6 Å². The summed E-state index contributed by atoms with van der Waals surface area (Å²) in [7, 11) is 0. The minimum absolute atomic E-state index is 0.224. The third kappa shape index (κ3) is 5.61. The monoisotopic (exact) mass is 328 g/mol. The molecule has 0 aliphatic rings. The normalized spacial score (nSPS) is 14.6. The van der Waals surface area contributed by atoms with Crippen molar-refractivity contribution in [2.45, 2.75) is 32.9 Å². The Bertz CT molecular complexity index is 369. The average Bonchev–Trinajstić information content (AvgIpc) is 2.42. The number of nitrogens with zero attached hydrogens (tertiary/aromatic N) is 1. The van der Waals surface area contributed by atoms with Crippen molar-refractivity contribution in [2.24, 2.45) is 0 Å². The van der Waals surface area contributed by atoms with Gasteiger partial charge < -0.3 is 15.3 Å². The Kier molecular flexibility index (Phi) is 7.61. The minimum atomic E-state index is -0.329. The molecule has 2 N–H and O–H groups in total. The Morgan fingerprint density at radius 2 is 1.89 bits per heavy atom. The van der Waals surface area contributed by atoms with Gasteiger partial charge in [-0.15, -0.1) is 0 Å². The topological polar surface area (TPSA) is 35.5 Å². The third-order valence-corrected chi connectivity index (χ3v) is 4.12. The third-order valence-electron chi connectivity index (χ3n) is 3.39. The van der Waals surface area contributed by atoms with Gasteiger partial charge in [-0.25, -0.2) is 0 Å². The predicted octanol–water partition coefficient (Wildman–Crippen LogP) is 2.80. The zero-order chi connectivity index (χ0) is 14.3. The summed E-state index contributed by atoms with van der Waals surface area (Å²) in [5.41, 5.74) is 1.22. The summed E-state index contributed by atoms with van der Waals surface area (Å²) in [5, 5.41) is 13.4. The molecule has 0 bridgehead atoms. The van der Waals surface area contributed by atoms with E-state index >= 15 is 0 Å². The molecule has 1 aromatic rings. The summed E-state index contributed by atoms with van der Waals surface area (Å²) in [4.78, 5) is 2.23. The fourth-order valence-corrected chi connectivity index (χ4v) is 2.72. The molecule has 1 rings (SSSR count). The first-order valence-electron chi connectivity index (χ1n) is 6.96. The van der Waals surface area contributed by atoms with Gasteiger partial charge in [-0.1, -0.05) is 48.0 Å². The van der Waals surface area contributed by atoms with Crippen molar-refractivity contribution in [3.8, 4) is 0 Å². The van der Waals surface area contributed by atoms with Gasteiger partial charge in [0.1, 0.15) is 0 Å². The van der Waals surface area contributed by atoms with E-state index in [0.29, 0.717) is 6.54 Å². The first-order valence-corrected chi connectivity index (χ1v) is 7.76. The van der Waals surface area contributed by atoms with Crippen molar-refractivity contribution >= 4 is 15.9 Å². The molecule has 1 aromatic carbocycles. The number of nitrogens with one attached hydrogen (secondary N) is 1. The quantitative estimate of drug-likeness (QED) is 0.770. The maximum absolute atomic E-state index is 10.0. The number of halogens is 1. The second-order valence-corrected chi connectivity index (χ2v) is 5.65. The Balaban J connectivity index is 2.42. The molecule has 0 saturated heterocycles. The van der Waals surface area contributed by atoms with Crippen LogP contribution >= 0.6 is 15.9 Å². The maximum atomic E-state index is 10.0. The Morgan fingerprint density at radius 3 is 2.47 bits per heavy atom. The van der Waals surface area contributed by atoms with Gasteiger partial charge in [-0.05, 0) is 31.6 Å². The summed E-state index contributed by atoms with van der Waals surface area (Å²) in [6.07, 6.45) is -0.329. The van der Waals surface area contributed by atoms with Crippen molar-refractivity contribution in [3.05, 3.63) is 34.3 Å². The van der Waals surface area contributed by atoms with Gasteiger partial charge in [-0.2, -0.15) is 0 Å². The molecule has 0 saturated carbocycles. The predicted molar refractivity (Wildman–Crippen MR) is 84.4 cm³/mol. The van der Waals surface area contributed by atoms with E-state index < -0.39 is 0 Å². The molecule has 0 heterocycles. The van der Waals surface area contributed by atoms with Crippen molar-refractivity contribution in [1.82, 2.24) is 10.2 Å². The summed E-state index contributed by atoms with van der Waals surface area (Å²) in [6, 6.07) is 8.40. The molecule has 0 aromatic heterocycles. The van der Waals surface area contributed by atoms with E-state index in [0.717, 1.165) is 24.1 Å². The molecule has 0 aliphatic heterocycles. The van der Waals surface area contributed by atoms with Crippen LogP contribution in [0.25, 0.3) is 0 Å². The zero-order valence-corrected chi connectivity index (χ0v) is 13.7. The number of aliphatic hydroxyl groups excluding tert-OH is 1. The van der Waals surface area contributed by atoms with Crippen LogP contribution in [0.1, 0.15) is 32.4 Å². The van der Waals surface area contributed by atoms with Gasteiger partial charge in [-0.3, -0.25) is 0 Å². The number of hydrogen-bond donors (Lipinski definition) is 2. The highest BCUT2D eigenvalue weighted by Crippen LogP contribution is 2.22. The summed E-state index contributed by atoms with van der Waals surface area (Å²) in [6.45, 7) is 9.65. The van der Waals surface area contributed by atoms with Crippen molar-refractivity contribution in [2.75, 3.05) is 26.2 Å². The van der Waals surface area contributed by atoms with Gasteiger partial charge in [0.05, 0.1) is 6.10 Å². The SMILES string of the molecule is CCN(CC)CC(O)CN[C@H](C)c1ccccc1Br. The molecule has 2 atom stereocenters. The zero-order valence-electron chi connectivity index (χ0n) is 12.1. The lowest BCUT2D eigenvalue weighted by Gasteiger charge is -2.24. The van der Waals surface area contributed by atoms with Crippen LogP contribution in [0, 0.1) is 0 Å². The number of aliphatic hydroxyl groups is 1. The lowest BCUT2D eigenvalue weighted by Crippen LogP contribution is -2.38. The standard InChI is InChI=1S/C15H25BrN2O/c1-4-18(5-2)11-13(19)10-17-12(3)14-8-6-7-9-15(14)16/h6-9,12-13,17,19H,4-5,10-11H2,1-3H3/t12-,13?/m1/s1. The highest BCUT2D eigenvalue weighted by atomic mass is 79.9. The molecular formula is C15H25BrN2O. The number of hydrogen-bond acceptors (Lipinski definition) is 3. The average molecular weight is 329 g/mol. The van der Waals surface area contributed by atoms with Gasteiger partial charge >= 0.3 is 0 Å². The lowest BCUT2D eigenvalue weighted by atomic mass is 10.1. The Morgan fingerprint density at radius 1 is 1.26 bits per heavy atom. The van der Waals surface area contributed by atoms with E-state index in [4.69, 9.17) is 0 Å². The second-order valence-electron chi connectivity index (χ2n) is 4.79. The molecule has 0 fully saturated rings. The molecule has 0 radical (unpaired) electrons. The van der Waals surface area contributed by atoms with Gasteiger partial charge in [0.15, 0.2) is 0 Å². The summed E-state index contributed by atoms with van der Waals surface area (Å²) in [5.74, 6) is 0. The van der Waals surface area contributed by atoms with E-state index in [2.05, 4.69) is 53.0 Å². The van der Waals surface area contributed by atoms with E-state index in [-0.39, 0.29) is 12.1 Å². The molecule has 0 amide bonds. The van der Waals surface area contributed by atoms with Crippen LogP contribution in [-0.2, 0) is 0 Å². The lowest BCUT2D eigenvalue weighted by molar-refractivity contribution is 0.114. The van der Waals surface area contributed by atoms with E-state index in [1.54, 1.807) is 0 Å². The van der Waals surface area contributed by atoms with Crippen LogP contribution in [0.3, 0.4) is 0 Å². The van der Waals surface area contributed by atoms with Crippen LogP contribution in [0.2, 0.25) is 0 Å². The fourth-order valence-electron chi connectivity index (χ4n) is 2.09. The van der Waals surface area contributed by atoms with Crippen LogP contribution < -0.4 is 5.32 Å². The van der Waals surface area contributed by atoms with Gasteiger partial charge in [0.2, 0.25) is 0 Å². The molecule has 3 nitrogen and oxygen atoms in total. The Hall–Kier alpha value is -0.420. The number of benzene rings is 1. The van der Waals surface area contributed by atoms with Gasteiger partial charge in [0.25, 0.3) is 0 Å². The van der Waals surface area contributed by atoms with Crippen molar-refractivity contribution in [1.29, 1.82) is 0 Å². The van der Waals surface area contributed by atoms with E-state index in [9.17, 15) is 5.11 Å². The highest BCUT2D eigenvalue weighted by molar-refractivity contribution is 9.10. The first-order chi connectivity index (χ1) is 9.08.